The number of anilines is 1. The number of halogens is 1. The first-order valence-corrected chi connectivity index (χ1v) is 6.60. The number of amides is 2. The maximum Gasteiger partial charge on any atom is 0.319 e. The SMILES string of the molecule is COc1cc(NC(=O)NC2COCC2C(=O)O)ccc1Cl. The number of nitrogens with one attached hydrogen (secondary N) is 2. The van der Waals surface area contributed by atoms with Crippen molar-refractivity contribution < 1.29 is 24.2 Å². The van der Waals surface area contributed by atoms with Gasteiger partial charge in [-0.3, -0.25) is 4.79 Å². The van der Waals surface area contributed by atoms with Gasteiger partial charge in [0, 0.05) is 11.8 Å². The number of carboxylic acid groups (broad SMARTS) is 1. The van der Waals surface area contributed by atoms with Gasteiger partial charge in [0.05, 0.1) is 31.4 Å². The highest BCUT2D eigenvalue weighted by Gasteiger charge is 2.35. The topological polar surface area (TPSA) is 96.9 Å². The molecule has 1 aliphatic rings. The summed E-state index contributed by atoms with van der Waals surface area (Å²) >= 11 is 5.89. The molecule has 1 heterocycles. The first-order chi connectivity index (χ1) is 10.0. The smallest absolute Gasteiger partial charge is 0.319 e. The molecule has 0 saturated carbocycles. The Kier molecular flexibility index (Phi) is 4.87. The van der Waals surface area contributed by atoms with Gasteiger partial charge in [0.1, 0.15) is 11.7 Å². The van der Waals surface area contributed by atoms with Gasteiger partial charge in [-0.2, -0.15) is 0 Å². The maximum absolute atomic E-state index is 11.9. The van der Waals surface area contributed by atoms with Crippen molar-refractivity contribution in [3.63, 3.8) is 0 Å². The molecule has 0 aliphatic carbocycles. The number of aliphatic carboxylic acids is 1. The van der Waals surface area contributed by atoms with Crippen LogP contribution in [0.25, 0.3) is 0 Å². The molecule has 0 spiro atoms. The summed E-state index contributed by atoms with van der Waals surface area (Å²) in [6.07, 6.45) is 0. The van der Waals surface area contributed by atoms with Crippen LogP contribution in [0.3, 0.4) is 0 Å². The largest absolute Gasteiger partial charge is 0.495 e. The van der Waals surface area contributed by atoms with E-state index in [4.69, 9.17) is 26.2 Å². The Balaban J connectivity index is 1.97. The molecule has 21 heavy (non-hydrogen) atoms. The van der Waals surface area contributed by atoms with Crippen molar-refractivity contribution in [1.29, 1.82) is 0 Å². The molecule has 1 saturated heterocycles. The third-order valence-corrected chi connectivity index (χ3v) is 3.44. The van der Waals surface area contributed by atoms with Gasteiger partial charge < -0.3 is 25.2 Å². The van der Waals surface area contributed by atoms with Crippen molar-refractivity contribution in [2.24, 2.45) is 5.92 Å². The summed E-state index contributed by atoms with van der Waals surface area (Å²) in [6, 6.07) is 3.71. The van der Waals surface area contributed by atoms with Crippen LogP contribution in [0.5, 0.6) is 5.75 Å². The van der Waals surface area contributed by atoms with E-state index in [1.807, 2.05) is 0 Å². The van der Waals surface area contributed by atoms with Crippen LogP contribution in [-0.2, 0) is 9.53 Å². The number of ether oxygens (including phenoxy) is 2. The lowest BCUT2D eigenvalue weighted by atomic mass is 10.0. The predicted octanol–water partition coefficient (Wildman–Crippen LogP) is 1.57. The minimum Gasteiger partial charge on any atom is -0.495 e. The van der Waals surface area contributed by atoms with Crippen molar-refractivity contribution in [3.05, 3.63) is 23.2 Å². The molecule has 0 aromatic heterocycles. The zero-order valence-electron chi connectivity index (χ0n) is 11.3. The van der Waals surface area contributed by atoms with Crippen molar-refractivity contribution in [2.45, 2.75) is 6.04 Å². The lowest BCUT2D eigenvalue weighted by molar-refractivity contribution is -0.142. The molecule has 0 radical (unpaired) electrons. The molecular weight excluding hydrogens is 300 g/mol. The van der Waals surface area contributed by atoms with E-state index in [0.29, 0.717) is 16.5 Å². The summed E-state index contributed by atoms with van der Waals surface area (Å²) in [7, 11) is 1.47. The van der Waals surface area contributed by atoms with Crippen molar-refractivity contribution >= 4 is 29.3 Å². The van der Waals surface area contributed by atoms with Crippen molar-refractivity contribution in [1.82, 2.24) is 5.32 Å². The zero-order valence-corrected chi connectivity index (χ0v) is 12.0. The van der Waals surface area contributed by atoms with E-state index < -0.39 is 24.0 Å². The Labute approximate surface area is 126 Å². The zero-order chi connectivity index (χ0) is 15.4. The quantitative estimate of drug-likeness (QED) is 0.784. The van der Waals surface area contributed by atoms with Crippen LogP contribution < -0.4 is 15.4 Å². The van der Waals surface area contributed by atoms with Gasteiger partial charge in [-0.25, -0.2) is 4.79 Å². The van der Waals surface area contributed by atoms with Gasteiger partial charge in [0.25, 0.3) is 0 Å². The fourth-order valence-electron chi connectivity index (χ4n) is 2.01. The highest BCUT2D eigenvalue weighted by atomic mass is 35.5. The number of carboxylic acids is 1. The van der Waals surface area contributed by atoms with E-state index in [1.54, 1.807) is 18.2 Å². The fraction of sp³-hybridized carbons (Fsp3) is 0.385. The molecule has 114 valence electrons. The van der Waals surface area contributed by atoms with Crippen LogP contribution >= 0.6 is 11.6 Å². The number of benzene rings is 1. The van der Waals surface area contributed by atoms with E-state index in [0.717, 1.165) is 0 Å². The first kappa shape index (κ1) is 15.4. The molecule has 2 atom stereocenters. The molecule has 8 heteroatoms. The summed E-state index contributed by atoms with van der Waals surface area (Å²) in [6.45, 7) is 0.267. The number of urea groups is 1. The highest BCUT2D eigenvalue weighted by molar-refractivity contribution is 6.32. The highest BCUT2D eigenvalue weighted by Crippen LogP contribution is 2.27. The molecular formula is C13H15ClN2O5. The second-order valence-corrected chi connectivity index (χ2v) is 4.94. The van der Waals surface area contributed by atoms with E-state index in [-0.39, 0.29) is 13.2 Å². The van der Waals surface area contributed by atoms with Crippen LogP contribution in [0.1, 0.15) is 0 Å². The molecule has 1 aromatic rings. The minimum atomic E-state index is -0.994. The number of carbonyl (C=O) groups excluding carboxylic acids is 1. The Morgan fingerprint density at radius 3 is 2.86 bits per heavy atom. The molecule has 7 nitrogen and oxygen atoms in total. The standard InChI is InChI=1S/C13H15ClN2O5/c1-20-11-4-7(2-3-9(11)14)15-13(19)16-10-6-21-5-8(10)12(17)18/h2-4,8,10H,5-6H2,1H3,(H,17,18)(H2,15,16,19). The number of methoxy groups -OCH3 is 1. The summed E-state index contributed by atoms with van der Waals surface area (Å²) in [4.78, 5) is 22.9. The summed E-state index contributed by atoms with van der Waals surface area (Å²) < 4.78 is 10.1. The number of hydrogen-bond donors (Lipinski definition) is 3. The Hall–Kier alpha value is -1.99. The molecule has 1 aliphatic heterocycles. The molecule has 3 N–H and O–H groups in total. The molecule has 2 unspecified atom stereocenters. The lowest BCUT2D eigenvalue weighted by Gasteiger charge is -2.16. The molecule has 1 fully saturated rings. The van der Waals surface area contributed by atoms with Crippen LogP contribution in [0.4, 0.5) is 10.5 Å². The van der Waals surface area contributed by atoms with Gasteiger partial charge in [0.2, 0.25) is 0 Å². The third-order valence-electron chi connectivity index (χ3n) is 3.12. The van der Waals surface area contributed by atoms with Crippen molar-refractivity contribution in [3.8, 4) is 5.75 Å². The second kappa shape index (κ2) is 6.64. The van der Waals surface area contributed by atoms with Gasteiger partial charge in [-0.15, -0.1) is 0 Å². The third kappa shape index (κ3) is 3.77. The van der Waals surface area contributed by atoms with Gasteiger partial charge in [0.15, 0.2) is 0 Å². The first-order valence-electron chi connectivity index (χ1n) is 6.23. The van der Waals surface area contributed by atoms with Crippen molar-refractivity contribution in [2.75, 3.05) is 25.6 Å². The Morgan fingerprint density at radius 1 is 1.43 bits per heavy atom. The fourth-order valence-corrected chi connectivity index (χ4v) is 2.21. The van der Waals surface area contributed by atoms with E-state index in [1.165, 1.54) is 7.11 Å². The molecule has 0 bridgehead atoms. The van der Waals surface area contributed by atoms with Crippen LogP contribution in [0.15, 0.2) is 18.2 Å². The monoisotopic (exact) mass is 314 g/mol. The average Bonchev–Trinajstić information content (AvgIpc) is 2.89. The van der Waals surface area contributed by atoms with E-state index in [2.05, 4.69) is 10.6 Å². The Morgan fingerprint density at radius 2 is 2.19 bits per heavy atom. The van der Waals surface area contributed by atoms with Gasteiger partial charge in [-0.1, -0.05) is 11.6 Å². The van der Waals surface area contributed by atoms with Crippen LogP contribution in [0.2, 0.25) is 5.02 Å². The maximum atomic E-state index is 11.9. The molecule has 1 aromatic carbocycles. The van der Waals surface area contributed by atoms with E-state index in [9.17, 15) is 9.59 Å². The summed E-state index contributed by atoms with van der Waals surface area (Å²) in [5.74, 6) is -1.30. The average molecular weight is 315 g/mol. The second-order valence-electron chi connectivity index (χ2n) is 4.54. The number of rotatable bonds is 4. The number of hydrogen-bond acceptors (Lipinski definition) is 4. The number of carbonyl (C=O) groups is 2. The van der Waals surface area contributed by atoms with Gasteiger partial charge >= 0.3 is 12.0 Å². The lowest BCUT2D eigenvalue weighted by Crippen LogP contribution is -2.44. The van der Waals surface area contributed by atoms with E-state index >= 15 is 0 Å². The molecule has 2 rings (SSSR count). The predicted molar refractivity (Wildman–Crippen MR) is 75.9 cm³/mol. The minimum absolute atomic E-state index is 0.0923. The van der Waals surface area contributed by atoms with Crippen LogP contribution in [0, 0.1) is 5.92 Å². The molecule has 2 amide bonds. The Bertz CT molecular complexity index is 551. The van der Waals surface area contributed by atoms with Crippen LogP contribution in [-0.4, -0.2) is 43.5 Å². The normalized spacial score (nSPS) is 20.9. The van der Waals surface area contributed by atoms with Gasteiger partial charge in [-0.05, 0) is 12.1 Å². The summed E-state index contributed by atoms with van der Waals surface area (Å²) in [5, 5.41) is 14.6. The summed E-state index contributed by atoms with van der Waals surface area (Å²) in [5.41, 5.74) is 0.486.